The third-order valence-corrected chi connectivity index (χ3v) is 3.57. The van der Waals surface area contributed by atoms with E-state index in [-0.39, 0.29) is 0 Å². The van der Waals surface area contributed by atoms with Gasteiger partial charge in [0, 0.05) is 36.4 Å². The molecule has 1 N–H and O–H groups in total. The van der Waals surface area contributed by atoms with Gasteiger partial charge in [-0.3, -0.25) is 0 Å². The minimum absolute atomic E-state index is 0.326. The van der Waals surface area contributed by atoms with Crippen LogP contribution in [0.2, 0.25) is 0 Å². The fourth-order valence-electron chi connectivity index (χ4n) is 1.84. The normalized spacial score (nSPS) is 12.5. The Hall–Kier alpha value is -0.580. The average molecular weight is 315 g/mol. The van der Waals surface area contributed by atoms with Gasteiger partial charge in [0.2, 0.25) is 0 Å². The molecule has 1 unspecified atom stereocenters. The maximum Gasteiger partial charge on any atom is 0.0641 e. The molecule has 0 bridgehead atoms. The first-order valence-electron chi connectivity index (χ1n) is 6.35. The van der Waals surface area contributed by atoms with Crippen LogP contribution in [0.15, 0.2) is 22.7 Å². The van der Waals surface area contributed by atoms with Crippen molar-refractivity contribution in [3.8, 4) is 0 Å². The lowest BCUT2D eigenvalue weighted by Gasteiger charge is -2.25. The third-order valence-electron chi connectivity index (χ3n) is 3.08. The van der Waals surface area contributed by atoms with Crippen molar-refractivity contribution in [1.82, 2.24) is 5.32 Å². The zero-order valence-electron chi connectivity index (χ0n) is 11.7. The molecule has 0 fully saturated rings. The number of anilines is 1. The highest BCUT2D eigenvalue weighted by Crippen LogP contribution is 2.28. The van der Waals surface area contributed by atoms with E-state index >= 15 is 0 Å². The van der Waals surface area contributed by atoms with Crippen molar-refractivity contribution in [2.45, 2.75) is 19.9 Å². The first-order chi connectivity index (χ1) is 8.60. The first kappa shape index (κ1) is 15.5. The number of rotatable bonds is 7. The summed E-state index contributed by atoms with van der Waals surface area (Å²) in [5.74, 6) is 0. The topological polar surface area (TPSA) is 24.5 Å². The van der Waals surface area contributed by atoms with Crippen LogP contribution in [0.4, 0.5) is 5.69 Å². The van der Waals surface area contributed by atoms with Gasteiger partial charge in [-0.2, -0.15) is 0 Å². The van der Waals surface area contributed by atoms with Gasteiger partial charge in [-0.05, 0) is 44.7 Å². The van der Waals surface area contributed by atoms with Gasteiger partial charge in [0.25, 0.3) is 0 Å². The summed E-state index contributed by atoms with van der Waals surface area (Å²) < 4.78 is 6.52. The van der Waals surface area contributed by atoms with E-state index in [0.29, 0.717) is 6.04 Å². The number of nitrogens with one attached hydrogen (secondary N) is 1. The molecule has 0 saturated carbocycles. The van der Waals surface area contributed by atoms with E-state index in [1.807, 2.05) is 14.0 Å². The highest BCUT2D eigenvalue weighted by atomic mass is 79.9. The maximum absolute atomic E-state index is 5.41. The van der Waals surface area contributed by atoms with E-state index < -0.39 is 0 Å². The summed E-state index contributed by atoms with van der Waals surface area (Å²) in [5.41, 5.74) is 2.55. The second-order valence-electron chi connectivity index (χ2n) is 4.33. The predicted molar refractivity (Wildman–Crippen MR) is 81.4 cm³/mol. The van der Waals surface area contributed by atoms with E-state index in [1.165, 1.54) is 11.3 Å². The average Bonchev–Trinajstić information content (AvgIpc) is 2.37. The van der Waals surface area contributed by atoms with Gasteiger partial charge in [0.1, 0.15) is 0 Å². The zero-order valence-corrected chi connectivity index (χ0v) is 13.3. The highest BCUT2D eigenvalue weighted by Gasteiger charge is 2.12. The number of halogens is 1. The molecule has 0 heterocycles. The number of hydrogen-bond donors (Lipinski definition) is 1. The summed E-state index contributed by atoms with van der Waals surface area (Å²) in [6.45, 7) is 6.62. The van der Waals surface area contributed by atoms with Crippen LogP contribution in [0.1, 0.15) is 25.5 Å². The van der Waals surface area contributed by atoms with E-state index in [4.69, 9.17) is 4.74 Å². The molecule has 0 aliphatic rings. The van der Waals surface area contributed by atoms with E-state index in [9.17, 15) is 0 Å². The molecule has 0 aromatic heterocycles. The number of hydrogen-bond acceptors (Lipinski definition) is 3. The molecule has 0 amide bonds. The Morgan fingerprint density at radius 1 is 1.44 bits per heavy atom. The lowest BCUT2D eigenvalue weighted by molar-refractivity contribution is 0.154. The number of ether oxygens (including phenoxy) is 1. The predicted octanol–water partition coefficient (Wildman–Crippen LogP) is 3.20. The lowest BCUT2D eigenvalue weighted by atomic mass is 10.1. The van der Waals surface area contributed by atoms with Gasteiger partial charge < -0.3 is 15.0 Å². The molecular weight excluding hydrogens is 292 g/mol. The molecule has 0 aliphatic carbocycles. The molecule has 0 radical (unpaired) electrons. The Morgan fingerprint density at radius 3 is 2.78 bits per heavy atom. The second kappa shape index (κ2) is 7.77. The SMILES string of the molecule is CCOCCN(C)c1ccc(Br)cc1C(C)NC. The molecule has 0 aliphatic heterocycles. The van der Waals surface area contributed by atoms with Gasteiger partial charge in [0.05, 0.1) is 6.61 Å². The first-order valence-corrected chi connectivity index (χ1v) is 7.15. The minimum atomic E-state index is 0.326. The quantitative estimate of drug-likeness (QED) is 0.782. The molecule has 1 atom stereocenters. The Bertz CT molecular complexity index is 371. The van der Waals surface area contributed by atoms with Crippen LogP contribution in [0.5, 0.6) is 0 Å². The molecule has 3 nitrogen and oxygen atoms in total. The van der Waals surface area contributed by atoms with Crippen LogP contribution in [0.3, 0.4) is 0 Å². The molecule has 1 aromatic rings. The van der Waals surface area contributed by atoms with Crippen molar-refractivity contribution in [3.63, 3.8) is 0 Å². The van der Waals surface area contributed by atoms with Crippen LogP contribution >= 0.6 is 15.9 Å². The Kier molecular flexibility index (Phi) is 6.68. The number of nitrogens with zero attached hydrogens (tertiary/aromatic N) is 1. The highest BCUT2D eigenvalue weighted by molar-refractivity contribution is 9.10. The smallest absolute Gasteiger partial charge is 0.0641 e. The van der Waals surface area contributed by atoms with E-state index in [1.54, 1.807) is 0 Å². The van der Waals surface area contributed by atoms with E-state index in [2.05, 4.69) is 58.3 Å². The standard InChI is InChI=1S/C14H23BrN2O/c1-5-18-9-8-17(4)14-7-6-12(15)10-13(14)11(2)16-3/h6-7,10-11,16H,5,8-9H2,1-4H3. The zero-order chi connectivity index (χ0) is 13.5. The molecule has 1 rings (SSSR count). The molecule has 1 aromatic carbocycles. The van der Waals surface area contributed by atoms with Crippen molar-refractivity contribution in [2.75, 3.05) is 38.8 Å². The number of likely N-dealkylation sites (N-methyl/N-ethyl adjacent to an activating group) is 1. The molecular formula is C14H23BrN2O. The van der Waals surface area contributed by atoms with Crippen LogP contribution in [-0.4, -0.2) is 33.9 Å². The summed E-state index contributed by atoms with van der Waals surface area (Å²) in [6, 6.07) is 6.73. The van der Waals surface area contributed by atoms with Crippen molar-refractivity contribution >= 4 is 21.6 Å². The monoisotopic (exact) mass is 314 g/mol. The fraction of sp³-hybridized carbons (Fsp3) is 0.571. The van der Waals surface area contributed by atoms with Gasteiger partial charge in [0.15, 0.2) is 0 Å². The van der Waals surface area contributed by atoms with Crippen molar-refractivity contribution in [1.29, 1.82) is 0 Å². The Balaban J connectivity index is 2.85. The van der Waals surface area contributed by atoms with Gasteiger partial charge >= 0.3 is 0 Å². The Morgan fingerprint density at radius 2 is 2.17 bits per heavy atom. The summed E-state index contributed by atoms with van der Waals surface area (Å²) >= 11 is 3.54. The van der Waals surface area contributed by atoms with Crippen LogP contribution in [0.25, 0.3) is 0 Å². The summed E-state index contributed by atoms with van der Waals surface area (Å²) in [6.07, 6.45) is 0. The van der Waals surface area contributed by atoms with Crippen molar-refractivity contribution in [3.05, 3.63) is 28.2 Å². The summed E-state index contributed by atoms with van der Waals surface area (Å²) in [7, 11) is 4.09. The van der Waals surface area contributed by atoms with Crippen molar-refractivity contribution < 1.29 is 4.74 Å². The van der Waals surface area contributed by atoms with Crippen LogP contribution in [-0.2, 0) is 4.74 Å². The van der Waals surface area contributed by atoms with Gasteiger partial charge in [-0.15, -0.1) is 0 Å². The molecule has 102 valence electrons. The summed E-state index contributed by atoms with van der Waals surface area (Å²) in [4.78, 5) is 2.24. The van der Waals surface area contributed by atoms with E-state index in [0.717, 1.165) is 24.2 Å². The molecule has 0 spiro atoms. The number of benzene rings is 1. The maximum atomic E-state index is 5.41. The van der Waals surface area contributed by atoms with Gasteiger partial charge in [-0.25, -0.2) is 0 Å². The minimum Gasteiger partial charge on any atom is -0.380 e. The molecule has 4 heteroatoms. The van der Waals surface area contributed by atoms with Crippen molar-refractivity contribution in [2.24, 2.45) is 0 Å². The van der Waals surface area contributed by atoms with Gasteiger partial charge in [-0.1, -0.05) is 15.9 Å². The second-order valence-corrected chi connectivity index (χ2v) is 5.25. The van der Waals surface area contributed by atoms with Crippen LogP contribution in [0, 0.1) is 0 Å². The fourth-order valence-corrected chi connectivity index (χ4v) is 2.22. The molecule has 18 heavy (non-hydrogen) atoms. The lowest BCUT2D eigenvalue weighted by Crippen LogP contribution is -2.25. The summed E-state index contributed by atoms with van der Waals surface area (Å²) in [5, 5.41) is 3.29. The third kappa shape index (κ3) is 4.26. The Labute approximate surface area is 119 Å². The largest absolute Gasteiger partial charge is 0.380 e. The van der Waals surface area contributed by atoms with Crippen LogP contribution < -0.4 is 10.2 Å². The molecule has 0 saturated heterocycles.